The lowest BCUT2D eigenvalue weighted by Gasteiger charge is -2.02. The molecule has 0 bridgehead atoms. The Morgan fingerprint density at radius 3 is 2.81 bits per heavy atom. The Bertz CT molecular complexity index is 1380. The first kappa shape index (κ1) is 17.8. The molecule has 0 saturated heterocycles. The van der Waals surface area contributed by atoms with E-state index in [4.69, 9.17) is 0 Å². The largest absolute Gasteiger partial charge is 0.298 e. The number of amides is 1. The third-order valence-electron chi connectivity index (χ3n) is 3.87. The van der Waals surface area contributed by atoms with Crippen LogP contribution in [-0.4, -0.2) is 34.9 Å². The van der Waals surface area contributed by atoms with Gasteiger partial charge in [0, 0.05) is 23.5 Å². The number of sulfone groups is 1. The summed E-state index contributed by atoms with van der Waals surface area (Å²) in [6, 6.07) is 4.55. The van der Waals surface area contributed by atoms with Gasteiger partial charge in [-0.2, -0.15) is 0 Å². The van der Waals surface area contributed by atoms with Crippen LogP contribution >= 0.6 is 22.7 Å². The number of nitrogens with zero attached hydrogens (tertiary/aromatic N) is 3. The normalized spacial score (nSPS) is 11.9. The smallest absolute Gasteiger partial charge is 0.271 e. The van der Waals surface area contributed by atoms with Crippen molar-refractivity contribution in [1.29, 1.82) is 0 Å². The van der Waals surface area contributed by atoms with Gasteiger partial charge in [-0.05, 0) is 25.1 Å². The fraction of sp³-hybridized carbons (Fsp3) is 0.125. The summed E-state index contributed by atoms with van der Waals surface area (Å²) >= 11 is 2.45. The first-order chi connectivity index (χ1) is 12.7. The monoisotopic (exact) mass is 420 g/mol. The number of hydrogen-bond donors (Lipinski definition) is 1. The molecule has 0 unspecified atom stereocenters. The lowest BCUT2D eigenvalue weighted by atomic mass is 10.3. The average Bonchev–Trinajstić information content (AvgIpc) is 3.16. The van der Waals surface area contributed by atoms with Gasteiger partial charge in [-0.25, -0.2) is 18.4 Å². The van der Waals surface area contributed by atoms with Crippen molar-refractivity contribution < 1.29 is 13.2 Å². The van der Waals surface area contributed by atoms with E-state index >= 15 is 0 Å². The van der Waals surface area contributed by atoms with E-state index in [1.165, 1.54) is 34.1 Å². The molecule has 0 saturated carbocycles. The Morgan fingerprint density at radius 2 is 2.07 bits per heavy atom. The maximum Gasteiger partial charge on any atom is 0.271 e. The van der Waals surface area contributed by atoms with Gasteiger partial charge in [0.25, 0.3) is 11.5 Å². The molecule has 0 aliphatic rings. The number of fused-ring (bicyclic) bond motifs is 2. The summed E-state index contributed by atoms with van der Waals surface area (Å²) < 4.78 is 25.3. The third-order valence-corrected chi connectivity index (χ3v) is 6.87. The fourth-order valence-corrected chi connectivity index (χ4v) is 4.98. The van der Waals surface area contributed by atoms with Crippen LogP contribution in [0.4, 0.5) is 5.13 Å². The molecule has 3 aromatic heterocycles. The Morgan fingerprint density at radius 1 is 1.30 bits per heavy atom. The van der Waals surface area contributed by atoms with Crippen molar-refractivity contribution in [2.24, 2.45) is 0 Å². The van der Waals surface area contributed by atoms with E-state index in [2.05, 4.69) is 15.3 Å². The molecule has 1 N–H and O–H groups in total. The van der Waals surface area contributed by atoms with Crippen LogP contribution in [0.2, 0.25) is 0 Å². The van der Waals surface area contributed by atoms with E-state index < -0.39 is 21.3 Å². The number of hydrogen-bond acceptors (Lipinski definition) is 8. The highest BCUT2D eigenvalue weighted by Gasteiger charge is 2.17. The molecule has 11 heteroatoms. The summed E-state index contributed by atoms with van der Waals surface area (Å²) in [4.78, 5) is 34.2. The minimum Gasteiger partial charge on any atom is -0.298 e. The number of benzene rings is 1. The second-order valence-corrected chi connectivity index (χ2v) is 9.73. The van der Waals surface area contributed by atoms with Crippen LogP contribution in [0.1, 0.15) is 16.1 Å². The second kappa shape index (κ2) is 6.22. The number of rotatable bonds is 3. The van der Waals surface area contributed by atoms with Crippen molar-refractivity contribution in [3.63, 3.8) is 0 Å². The van der Waals surface area contributed by atoms with Crippen LogP contribution in [0.15, 0.2) is 39.5 Å². The van der Waals surface area contributed by atoms with E-state index in [0.29, 0.717) is 20.9 Å². The van der Waals surface area contributed by atoms with E-state index in [1.807, 2.05) is 0 Å². The van der Waals surface area contributed by atoms with Crippen LogP contribution in [0, 0.1) is 6.92 Å². The summed E-state index contributed by atoms with van der Waals surface area (Å²) in [7, 11) is -3.34. The Labute approximate surface area is 161 Å². The molecule has 138 valence electrons. The first-order valence-electron chi connectivity index (χ1n) is 7.62. The maximum atomic E-state index is 12.6. The average molecular weight is 420 g/mol. The number of anilines is 1. The van der Waals surface area contributed by atoms with Gasteiger partial charge in [0.1, 0.15) is 5.56 Å². The highest BCUT2D eigenvalue weighted by Crippen LogP contribution is 2.28. The zero-order valence-electron chi connectivity index (χ0n) is 14.1. The lowest BCUT2D eigenvalue weighted by molar-refractivity contribution is 0.102. The van der Waals surface area contributed by atoms with E-state index in [-0.39, 0.29) is 15.6 Å². The molecule has 4 aromatic rings. The maximum absolute atomic E-state index is 12.6. The molecule has 8 nitrogen and oxygen atoms in total. The van der Waals surface area contributed by atoms with Crippen molar-refractivity contribution >= 4 is 58.7 Å². The van der Waals surface area contributed by atoms with Gasteiger partial charge in [-0.3, -0.25) is 19.3 Å². The summed E-state index contributed by atoms with van der Waals surface area (Å²) in [5, 5.41) is 4.65. The molecular formula is C16H12N4O4S3. The lowest BCUT2D eigenvalue weighted by Crippen LogP contribution is -2.26. The van der Waals surface area contributed by atoms with E-state index in [0.717, 1.165) is 17.6 Å². The Balaban J connectivity index is 1.70. The summed E-state index contributed by atoms with van der Waals surface area (Å²) in [6.45, 7) is 1.77. The predicted octanol–water partition coefficient (Wildman–Crippen LogP) is 2.33. The molecule has 0 spiro atoms. The second-order valence-electron chi connectivity index (χ2n) is 5.85. The predicted molar refractivity (Wildman–Crippen MR) is 105 cm³/mol. The van der Waals surface area contributed by atoms with E-state index in [1.54, 1.807) is 18.4 Å². The van der Waals surface area contributed by atoms with Crippen molar-refractivity contribution in [3.8, 4) is 0 Å². The number of nitrogens with one attached hydrogen (secondary N) is 1. The number of carbonyl (C=O) groups is 1. The number of aryl methyl sites for hydroxylation is 1. The van der Waals surface area contributed by atoms with Gasteiger partial charge in [0.05, 0.1) is 15.1 Å². The minimum atomic E-state index is -3.34. The van der Waals surface area contributed by atoms with Gasteiger partial charge in [-0.1, -0.05) is 11.3 Å². The van der Waals surface area contributed by atoms with Crippen molar-refractivity contribution in [3.05, 3.63) is 51.4 Å². The zero-order valence-corrected chi connectivity index (χ0v) is 16.5. The zero-order chi connectivity index (χ0) is 19.3. The van der Waals surface area contributed by atoms with Crippen molar-refractivity contribution in [1.82, 2.24) is 14.4 Å². The molecule has 1 aromatic carbocycles. The number of thiazole rings is 2. The fourth-order valence-electron chi connectivity index (χ4n) is 2.53. The van der Waals surface area contributed by atoms with Crippen LogP contribution in [-0.2, 0) is 9.84 Å². The van der Waals surface area contributed by atoms with Crippen molar-refractivity contribution in [2.45, 2.75) is 11.8 Å². The molecule has 0 fully saturated rings. The quantitative estimate of drug-likeness (QED) is 0.545. The van der Waals surface area contributed by atoms with Gasteiger partial charge < -0.3 is 0 Å². The standard InChI is InChI=1S/C16H12N4O4S3/c1-8-7-25-16-17-6-10(14(22)20(8)16)13(21)19-15-18-11-4-3-9(27(2,23)24)5-12(11)26-15/h3-7H,1-2H3,(H,18,19,21). The van der Waals surface area contributed by atoms with Crippen LogP contribution in [0.3, 0.4) is 0 Å². The highest BCUT2D eigenvalue weighted by atomic mass is 32.2. The van der Waals surface area contributed by atoms with Gasteiger partial charge in [-0.15, -0.1) is 11.3 Å². The molecule has 0 radical (unpaired) electrons. The number of aromatic nitrogens is 3. The Hall–Kier alpha value is -2.63. The third kappa shape index (κ3) is 3.13. The van der Waals surface area contributed by atoms with Gasteiger partial charge in [0.15, 0.2) is 19.9 Å². The SMILES string of the molecule is Cc1csc2ncc(C(=O)Nc3nc4ccc(S(C)(=O)=O)cc4s3)c(=O)n12. The molecule has 0 atom stereocenters. The van der Waals surface area contributed by atoms with E-state index in [9.17, 15) is 18.0 Å². The topological polar surface area (TPSA) is 110 Å². The van der Waals surface area contributed by atoms with Crippen LogP contribution in [0.5, 0.6) is 0 Å². The van der Waals surface area contributed by atoms with Crippen LogP contribution in [0.25, 0.3) is 15.2 Å². The molecule has 4 rings (SSSR count). The van der Waals surface area contributed by atoms with Gasteiger partial charge in [0.2, 0.25) is 0 Å². The molecule has 3 heterocycles. The molecular weight excluding hydrogens is 408 g/mol. The molecule has 1 amide bonds. The highest BCUT2D eigenvalue weighted by molar-refractivity contribution is 7.90. The molecule has 0 aliphatic carbocycles. The van der Waals surface area contributed by atoms with Crippen molar-refractivity contribution in [2.75, 3.05) is 11.6 Å². The summed E-state index contributed by atoms with van der Waals surface area (Å²) in [5.74, 6) is -0.616. The van der Waals surface area contributed by atoms with Gasteiger partial charge >= 0.3 is 0 Å². The summed E-state index contributed by atoms with van der Waals surface area (Å²) in [5.41, 5.74) is 0.721. The minimum absolute atomic E-state index is 0.0925. The summed E-state index contributed by atoms with van der Waals surface area (Å²) in [6.07, 6.45) is 2.37. The van der Waals surface area contributed by atoms with Crippen LogP contribution < -0.4 is 10.9 Å². The number of carbonyl (C=O) groups excluding carboxylic acids is 1. The molecule has 0 aliphatic heterocycles. The molecule has 27 heavy (non-hydrogen) atoms. The first-order valence-corrected chi connectivity index (χ1v) is 11.2. The Kier molecular flexibility index (Phi) is 4.09.